The smallest absolute Gasteiger partial charge is 0.0355 e. The molecule has 1 rings (SSSR count). The molecule has 0 saturated heterocycles. The molecule has 0 nitrogen and oxygen atoms in total. The van der Waals surface area contributed by atoms with Crippen LogP contribution >= 0.6 is 0 Å². The maximum atomic E-state index is 2.50. The summed E-state index contributed by atoms with van der Waals surface area (Å²) >= 11 is 0. The molecular weight excluding hydrogens is 180 g/mol. The highest BCUT2D eigenvalue weighted by molar-refractivity contribution is 4.90. The van der Waals surface area contributed by atoms with Gasteiger partial charge in [-0.3, -0.25) is 0 Å². The lowest BCUT2D eigenvalue weighted by Crippen LogP contribution is -2.11. The van der Waals surface area contributed by atoms with Crippen LogP contribution in [-0.4, -0.2) is 0 Å². The van der Waals surface area contributed by atoms with Crippen LogP contribution in [0.1, 0.15) is 72.6 Å². The molecule has 4 atom stereocenters. The van der Waals surface area contributed by atoms with E-state index in [1.165, 1.54) is 44.9 Å². The van der Waals surface area contributed by atoms with Crippen LogP contribution in [-0.2, 0) is 0 Å². The van der Waals surface area contributed by atoms with Crippen LogP contribution in [0.5, 0.6) is 0 Å². The normalized spacial score (nSPS) is 28.8. The van der Waals surface area contributed by atoms with E-state index in [2.05, 4.69) is 27.7 Å². The largest absolute Gasteiger partial charge is 0.0654 e. The Balaban J connectivity index is 2.15. The van der Waals surface area contributed by atoms with E-state index < -0.39 is 0 Å². The van der Waals surface area contributed by atoms with Crippen molar-refractivity contribution in [3.63, 3.8) is 0 Å². The van der Waals surface area contributed by atoms with Gasteiger partial charge in [-0.15, -0.1) is 0 Å². The van der Waals surface area contributed by atoms with E-state index in [9.17, 15) is 0 Å². The van der Waals surface area contributed by atoms with Crippen LogP contribution in [0, 0.1) is 23.7 Å². The van der Waals surface area contributed by atoms with Crippen molar-refractivity contribution in [2.24, 2.45) is 23.7 Å². The monoisotopic (exact) mass is 210 g/mol. The molecule has 0 heteroatoms. The summed E-state index contributed by atoms with van der Waals surface area (Å²) in [4.78, 5) is 0. The van der Waals surface area contributed by atoms with Crippen LogP contribution in [0.25, 0.3) is 0 Å². The third-order valence-corrected chi connectivity index (χ3v) is 4.49. The fourth-order valence-electron chi connectivity index (χ4n) is 2.92. The predicted molar refractivity (Wildman–Crippen MR) is 69.0 cm³/mol. The van der Waals surface area contributed by atoms with Gasteiger partial charge in [-0.25, -0.2) is 0 Å². The van der Waals surface area contributed by atoms with Crippen LogP contribution in [0.15, 0.2) is 0 Å². The Morgan fingerprint density at radius 1 is 1.07 bits per heavy atom. The Morgan fingerprint density at radius 3 is 2.33 bits per heavy atom. The lowest BCUT2D eigenvalue weighted by molar-refractivity contribution is 0.304. The number of unbranched alkanes of at least 4 members (excludes halogenated alkanes) is 2. The third kappa shape index (κ3) is 4.17. The average molecular weight is 210 g/mol. The first-order valence-corrected chi connectivity index (χ1v) is 7.20. The van der Waals surface area contributed by atoms with Gasteiger partial charge in [-0.1, -0.05) is 66.2 Å². The molecule has 0 aromatic rings. The summed E-state index contributed by atoms with van der Waals surface area (Å²) in [5.41, 5.74) is 0. The van der Waals surface area contributed by atoms with E-state index in [-0.39, 0.29) is 0 Å². The van der Waals surface area contributed by atoms with Gasteiger partial charge in [0.15, 0.2) is 0 Å². The van der Waals surface area contributed by atoms with Gasteiger partial charge < -0.3 is 0 Å². The minimum absolute atomic E-state index is 0.960. The van der Waals surface area contributed by atoms with Crippen LogP contribution in [0.4, 0.5) is 0 Å². The summed E-state index contributed by atoms with van der Waals surface area (Å²) in [6.45, 7) is 9.58. The number of rotatable bonds is 8. The third-order valence-electron chi connectivity index (χ3n) is 4.49. The Hall–Kier alpha value is 0. The molecule has 1 aliphatic rings. The zero-order chi connectivity index (χ0) is 11.3. The fourth-order valence-corrected chi connectivity index (χ4v) is 2.92. The molecule has 1 saturated carbocycles. The van der Waals surface area contributed by atoms with Crippen LogP contribution < -0.4 is 0 Å². The number of hydrogen-bond acceptors (Lipinski definition) is 0. The summed E-state index contributed by atoms with van der Waals surface area (Å²) in [6.07, 6.45) is 10.1. The Labute approximate surface area is 96.8 Å². The fraction of sp³-hybridized carbons (Fsp3) is 1.00. The van der Waals surface area contributed by atoms with Gasteiger partial charge in [0.05, 0.1) is 0 Å². The summed E-state index contributed by atoms with van der Waals surface area (Å²) in [5, 5.41) is 0. The quantitative estimate of drug-likeness (QED) is 0.511. The molecule has 0 aliphatic heterocycles. The molecule has 90 valence electrons. The van der Waals surface area contributed by atoms with E-state index in [1.54, 1.807) is 0 Å². The molecule has 0 aromatic heterocycles. The first-order valence-electron chi connectivity index (χ1n) is 7.20. The molecule has 0 radical (unpaired) electrons. The summed E-state index contributed by atoms with van der Waals surface area (Å²) in [7, 11) is 0. The van der Waals surface area contributed by atoms with Crippen LogP contribution in [0.3, 0.4) is 0 Å². The van der Waals surface area contributed by atoms with Crippen molar-refractivity contribution in [2.45, 2.75) is 72.6 Å². The maximum absolute atomic E-state index is 2.50. The maximum Gasteiger partial charge on any atom is -0.0355 e. The lowest BCUT2D eigenvalue weighted by atomic mass is 9.86. The zero-order valence-electron chi connectivity index (χ0n) is 11.3. The standard InChI is InChI=1S/C15H30/c1-5-7-9-12(3)13(4)15-11-14(15)10-8-6-2/h12-15H,5-11H2,1-4H3. The van der Waals surface area contributed by atoms with E-state index in [4.69, 9.17) is 0 Å². The molecule has 4 unspecified atom stereocenters. The minimum Gasteiger partial charge on any atom is -0.0654 e. The molecule has 1 fully saturated rings. The molecule has 0 bridgehead atoms. The second-order valence-electron chi connectivity index (χ2n) is 5.78. The molecule has 0 spiro atoms. The van der Waals surface area contributed by atoms with Gasteiger partial charge in [-0.2, -0.15) is 0 Å². The predicted octanol–water partition coefficient (Wildman–Crippen LogP) is 5.28. The second-order valence-corrected chi connectivity index (χ2v) is 5.78. The number of hydrogen-bond donors (Lipinski definition) is 0. The summed E-state index contributed by atoms with van der Waals surface area (Å²) < 4.78 is 0. The van der Waals surface area contributed by atoms with Gasteiger partial charge in [0.2, 0.25) is 0 Å². The molecule has 0 aromatic carbocycles. The van der Waals surface area contributed by atoms with Crippen molar-refractivity contribution in [1.29, 1.82) is 0 Å². The Bertz CT molecular complexity index is 161. The van der Waals surface area contributed by atoms with Crippen molar-refractivity contribution in [3.8, 4) is 0 Å². The lowest BCUT2D eigenvalue weighted by Gasteiger charge is -2.19. The van der Waals surface area contributed by atoms with Crippen molar-refractivity contribution in [2.75, 3.05) is 0 Å². The average Bonchev–Trinajstić information content (AvgIpc) is 3.01. The second kappa shape index (κ2) is 6.55. The summed E-state index contributed by atoms with van der Waals surface area (Å²) in [5.74, 6) is 4.13. The molecule has 0 N–H and O–H groups in total. The highest BCUT2D eigenvalue weighted by Crippen LogP contribution is 2.50. The van der Waals surface area contributed by atoms with Gasteiger partial charge in [-0.05, 0) is 30.1 Å². The first kappa shape index (κ1) is 13.1. The van der Waals surface area contributed by atoms with Gasteiger partial charge >= 0.3 is 0 Å². The molecule has 15 heavy (non-hydrogen) atoms. The minimum atomic E-state index is 0.960. The molecule has 0 amide bonds. The van der Waals surface area contributed by atoms with Gasteiger partial charge in [0.25, 0.3) is 0 Å². The molecule has 1 aliphatic carbocycles. The van der Waals surface area contributed by atoms with Crippen molar-refractivity contribution >= 4 is 0 Å². The summed E-state index contributed by atoms with van der Waals surface area (Å²) in [6, 6.07) is 0. The van der Waals surface area contributed by atoms with E-state index in [0.29, 0.717) is 0 Å². The Kier molecular flexibility index (Phi) is 5.71. The Morgan fingerprint density at radius 2 is 1.73 bits per heavy atom. The topological polar surface area (TPSA) is 0 Å². The van der Waals surface area contributed by atoms with Crippen molar-refractivity contribution in [3.05, 3.63) is 0 Å². The first-order chi connectivity index (χ1) is 7.20. The van der Waals surface area contributed by atoms with Gasteiger partial charge in [0.1, 0.15) is 0 Å². The molecular formula is C15H30. The zero-order valence-corrected chi connectivity index (χ0v) is 11.3. The van der Waals surface area contributed by atoms with Crippen LogP contribution in [0.2, 0.25) is 0 Å². The SMILES string of the molecule is CCCCC(C)C(C)C1CC1CCCC. The van der Waals surface area contributed by atoms with E-state index in [1.807, 2.05) is 0 Å². The van der Waals surface area contributed by atoms with E-state index >= 15 is 0 Å². The van der Waals surface area contributed by atoms with Crippen molar-refractivity contribution < 1.29 is 0 Å². The highest BCUT2D eigenvalue weighted by atomic mass is 14.5. The van der Waals surface area contributed by atoms with E-state index in [0.717, 1.165) is 23.7 Å². The van der Waals surface area contributed by atoms with Crippen molar-refractivity contribution in [1.82, 2.24) is 0 Å². The molecule has 0 heterocycles. The highest BCUT2D eigenvalue weighted by Gasteiger charge is 2.41. The van der Waals surface area contributed by atoms with Gasteiger partial charge in [0, 0.05) is 0 Å².